The van der Waals surface area contributed by atoms with E-state index < -0.39 is 0 Å². The molecule has 1 fully saturated rings. The highest BCUT2D eigenvalue weighted by molar-refractivity contribution is 7.99. The predicted molar refractivity (Wildman–Crippen MR) is 74.0 cm³/mol. The Kier molecular flexibility index (Phi) is 5.82. The van der Waals surface area contributed by atoms with E-state index in [0.29, 0.717) is 6.04 Å². The molecule has 0 bridgehead atoms. The van der Waals surface area contributed by atoms with E-state index in [1.165, 1.54) is 30.1 Å². The van der Waals surface area contributed by atoms with Crippen molar-refractivity contribution in [3.05, 3.63) is 0 Å². The summed E-state index contributed by atoms with van der Waals surface area (Å²) < 4.78 is 0. The number of rotatable bonds is 5. The van der Waals surface area contributed by atoms with Crippen LogP contribution in [0.5, 0.6) is 0 Å². The second-order valence-corrected chi connectivity index (χ2v) is 6.52. The van der Waals surface area contributed by atoms with Gasteiger partial charge in [0.25, 0.3) is 0 Å². The van der Waals surface area contributed by atoms with E-state index >= 15 is 0 Å². The first kappa shape index (κ1) is 13.7. The molecule has 4 heteroatoms. The minimum Gasteiger partial charge on any atom is -0.329 e. The normalized spacial score (nSPS) is 29.4. The molecule has 2 atom stereocenters. The second kappa shape index (κ2) is 6.38. The van der Waals surface area contributed by atoms with Gasteiger partial charge in [-0.3, -0.25) is 4.90 Å². The van der Waals surface area contributed by atoms with Gasteiger partial charge in [-0.05, 0) is 38.8 Å². The van der Waals surface area contributed by atoms with Gasteiger partial charge < -0.3 is 5.73 Å². The number of thioether (sulfide) groups is 2. The largest absolute Gasteiger partial charge is 0.329 e. The Morgan fingerprint density at radius 1 is 1.60 bits per heavy atom. The molecule has 2 N–H and O–H groups in total. The van der Waals surface area contributed by atoms with Crippen LogP contribution in [0.2, 0.25) is 0 Å². The molecule has 0 saturated carbocycles. The summed E-state index contributed by atoms with van der Waals surface area (Å²) in [6.45, 7) is 3.11. The fourth-order valence-electron chi connectivity index (χ4n) is 2.24. The molecular formula is C11H24N2S2. The zero-order chi connectivity index (χ0) is 11.3. The standard InChI is InChI=1S/C11H24N2S2/c1-10(7-14-3)13(2)11(8-12)5-4-6-15-9-11/h10H,4-9,12H2,1-3H3. The van der Waals surface area contributed by atoms with Crippen molar-refractivity contribution in [2.24, 2.45) is 5.73 Å². The number of nitrogens with two attached hydrogens (primary N) is 1. The zero-order valence-electron chi connectivity index (χ0n) is 10.2. The van der Waals surface area contributed by atoms with Crippen molar-refractivity contribution >= 4 is 23.5 Å². The minimum absolute atomic E-state index is 0.262. The van der Waals surface area contributed by atoms with Crippen molar-refractivity contribution in [2.45, 2.75) is 31.3 Å². The van der Waals surface area contributed by atoms with Gasteiger partial charge in [-0.2, -0.15) is 23.5 Å². The Balaban J connectivity index is 2.62. The molecule has 15 heavy (non-hydrogen) atoms. The van der Waals surface area contributed by atoms with Crippen LogP contribution in [0.15, 0.2) is 0 Å². The lowest BCUT2D eigenvalue weighted by molar-refractivity contribution is 0.103. The van der Waals surface area contributed by atoms with E-state index in [1.807, 2.05) is 11.8 Å². The highest BCUT2D eigenvalue weighted by Crippen LogP contribution is 2.32. The van der Waals surface area contributed by atoms with Crippen LogP contribution in [-0.4, -0.2) is 53.6 Å². The van der Waals surface area contributed by atoms with Crippen LogP contribution in [0.25, 0.3) is 0 Å². The maximum Gasteiger partial charge on any atom is 0.0422 e. The Hall–Kier alpha value is 0.620. The molecule has 0 aromatic carbocycles. The van der Waals surface area contributed by atoms with E-state index in [1.54, 1.807) is 0 Å². The Bertz CT molecular complexity index is 181. The van der Waals surface area contributed by atoms with Crippen LogP contribution >= 0.6 is 23.5 Å². The molecule has 1 saturated heterocycles. The van der Waals surface area contributed by atoms with Gasteiger partial charge in [0.15, 0.2) is 0 Å². The zero-order valence-corrected chi connectivity index (χ0v) is 11.8. The monoisotopic (exact) mass is 248 g/mol. The molecular weight excluding hydrogens is 224 g/mol. The molecule has 1 rings (SSSR count). The molecule has 0 aromatic heterocycles. The van der Waals surface area contributed by atoms with Crippen LogP contribution in [-0.2, 0) is 0 Å². The van der Waals surface area contributed by atoms with Gasteiger partial charge in [0.05, 0.1) is 0 Å². The van der Waals surface area contributed by atoms with Crippen molar-refractivity contribution in [1.29, 1.82) is 0 Å². The molecule has 1 aliphatic heterocycles. The first-order chi connectivity index (χ1) is 7.16. The number of likely N-dealkylation sites (N-methyl/N-ethyl adjacent to an activating group) is 1. The van der Waals surface area contributed by atoms with E-state index in [-0.39, 0.29) is 5.54 Å². The third-order valence-corrected chi connectivity index (χ3v) is 5.63. The van der Waals surface area contributed by atoms with Gasteiger partial charge >= 0.3 is 0 Å². The highest BCUT2D eigenvalue weighted by atomic mass is 32.2. The SMILES string of the molecule is CSCC(C)N(C)C1(CN)CCCSC1. The average molecular weight is 248 g/mol. The molecule has 0 radical (unpaired) electrons. The molecule has 0 aromatic rings. The van der Waals surface area contributed by atoms with Gasteiger partial charge in [-0.1, -0.05) is 0 Å². The Labute approximate surface area is 103 Å². The van der Waals surface area contributed by atoms with E-state index in [0.717, 1.165) is 6.54 Å². The number of hydrogen-bond donors (Lipinski definition) is 1. The smallest absolute Gasteiger partial charge is 0.0422 e. The quantitative estimate of drug-likeness (QED) is 0.804. The fourth-order valence-corrected chi connectivity index (χ4v) is 4.29. The first-order valence-corrected chi connectivity index (χ1v) is 8.21. The molecule has 2 unspecified atom stereocenters. The summed E-state index contributed by atoms with van der Waals surface area (Å²) in [6, 6.07) is 0.627. The van der Waals surface area contributed by atoms with Crippen molar-refractivity contribution in [1.82, 2.24) is 4.90 Å². The van der Waals surface area contributed by atoms with Crippen LogP contribution in [0.1, 0.15) is 19.8 Å². The van der Waals surface area contributed by atoms with Crippen LogP contribution in [0.4, 0.5) is 0 Å². The Morgan fingerprint density at radius 3 is 2.80 bits per heavy atom. The van der Waals surface area contributed by atoms with Crippen LogP contribution in [0.3, 0.4) is 0 Å². The lowest BCUT2D eigenvalue weighted by Gasteiger charge is -2.46. The topological polar surface area (TPSA) is 29.3 Å². The summed E-state index contributed by atoms with van der Waals surface area (Å²) in [5, 5.41) is 0. The lowest BCUT2D eigenvalue weighted by Crippen LogP contribution is -2.58. The second-order valence-electron chi connectivity index (χ2n) is 4.50. The minimum atomic E-state index is 0.262. The summed E-state index contributed by atoms with van der Waals surface area (Å²) in [4.78, 5) is 2.52. The van der Waals surface area contributed by atoms with Crippen molar-refractivity contribution < 1.29 is 0 Å². The number of nitrogens with zero attached hydrogens (tertiary/aromatic N) is 1. The van der Waals surface area contributed by atoms with Crippen LogP contribution < -0.4 is 5.73 Å². The Morgan fingerprint density at radius 2 is 2.33 bits per heavy atom. The molecule has 0 spiro atoms. The predicted octanol–water partition coefficient (Wildman–Crippen LogP) is 1.89. The molecule has 1 heterocycles. The van der Waals surface area contributed by atoms with E-state index in [9.17, 15) is 0 Å². The molecule has 1 aliphatic rings. The van der Waals surface area contributed by atoms with Gasteiger partial charge in [0, 0.05) is 29.6 Å². The van der Waals surface area contributed by atoms with Crippen molar-refractivity contribution in [3.8, 4) is 0 Å². The summed E-state index contributed by atoms with van der Waals surface area (Å²) >= 11 is 3.98. The average Bonchev–Trinajstić information content (AvgIpc) is 2.29. The molecule has 0 aliphatic carbocycles. The van der Waals surface area contributed by atoms with Gasteiger partial charge in [-0.15, -0.1) is 0 Å². The van der Waals surface area contributed by atoms with Crippen molar-refractivity contribution in [3.63, 3.8) is 0 Å². The van der Waals surface area contributed by atoms with Gasteiger partial charge in [0.1, 0.15) is 0 Å². The highest BCUT2D eigenvalue weighted by Gasteiger charge is 2.36. The maximum atomic E-state index is 6.01. The first-order valence-electron chi connectivity index (χ1n) is 5.66. The summed E-state index contributed by atoms with van der Waals surface area (Å²) in [5.41, 5.74) is 6.27. The molecule has 0 amide bonds. The third-order valence-electron chi connectivity index (χ3n) is 3.50. The summed E-state index contributed by atoms with van der Waals surface area (Å²) in [5.74, 6) is 3.72. The summed E-state index contributed by atoms with van der Waals surface area (Å²) in [6.07, 6.45) is 4.76. The third kappa shape index (κ3) is 3.29. The fraction of sp³-hybridized carbons (Fsp3) is 1.00. The van der Waals surface area contributed by atoms with E-state index in [2.05, 4.69) is 36.9 Å². The molecule has 90 valence electrons. The maximum absolute atomic E-state index is 6.01. The van der Waals surface area contributed by atoms with Crippen LogP contribution in [0, 0.1) is 0 Å². The molecule has 2 nitrogen and oxygen atoms in total. The summed E-state index contributed by atoms with van der Waals surface area (Å²) in [7, 11) is 2.25. The lowest BCUT2D eigenvalue weighted by atomic mass is 9.92. The van der Waals surface area contributed by atoms with Gasteiger partial charge in [0.2, 0.25) is 0 Å². The van der Waals surface area contributed by atoms with Crippen molar-refractivity contribution in [2.75, 3.05) is 37.1 Å². The van der Waals surface area contributed by atoms with Gasteiger partial charge in [-0.25, -0.2) is 0 Å². The number of hydrogen-bond acceptors (Lipinski definition) is 4. The van der Waals surface area contributed by atoms with E-state index in [4.69, 9.17) is 5.73 Å².